The third kappa shape index (κ3) is 2.71. The average Bonchev–Trinajstić information content (AvgIpc) is 3.17. The number of piperidine rings is 1. The minimum absolute atomic E-state index is 0.0654. The van der Waals surface area contributed by atoms with Crippen LogP contribution >= 0.6 is 0 Å². The molecule has 34 heavy (non-hydrogen) atoms. The zero-order valence-corrected chi connectivity index (χ0v) is 19.0. The van der Waals surface area contributed by atoms with Crippen LogP contribution < -0.4 is 19.5 Å². The summed E-state index contributed by atoms with van der Waals surface area (Å²) in [5.41, 5.74) is 1.48. The first kappa shape index (κ1) is 21.4. The largest absolute Gasteiger partial charge is 0.785 e. The number of phenolic OH excluding ortho intramolecular Hbond substituents is 2. The summed E-state index contributed by atoms with van der Waals surface area (Å²) in [5, 5.41) is 38.0. The lowest BCUT2D eigenvalue weighted by Crippen LogP contribution is -2.68. The van der Waals surface area contributed by atoms with E-state index in [2.05, 4.69) is 5.32 Å². The van der Waals surface area contributed by atoms with Gasteiger partial charge in [0.2, 0.25) is 0 Å². The normalized spacial score (nSPS) is 30.8. The summed E-state index contributed by atoms with van der Waals surface area (Å²) in [6, 6.07) is 5.91. The predicted octanol–water partition coefficient (Wildman–Crippen LogP) is 2.45. The summed E-state index contributed by atoms with van der Waals surface area (Å²) in [6.07, 6.45) is 2.01. The quantitative estimate of drug-likeness (QED) is 0.586. The van der Waals surface area contributed by atoms with E-state index in [-0.39, 0.29) is 41.5 Å². The van der Waals surface area contributed by atoms with Crippen molar-refractivity contribution in [3.63, 3.8) is 0 Å². The SMILES string of the molecule is COc1ccc(C(=O)N[C@@H]2CC[C@H]3[C@H]4Cc5c(O)c(O)cc6c5[C@@]3(CCN4[O-])[C@H]2O6)cc1OC. The highest BCUT2D eigenvalue weighted by Gasteiger charge is 2.65. The molecule has 2 bridgehead atoms. The molecular formula is C25H27N2O7-. The molecule has 9 nitrogen and oxygen atoms in total. The monoisotopic (exact) mass is 467 g/mol. The molecule has 2 fully saturated rings. The van der Waals surface area contributed by atoms with Gasteiger partial charge in [0.1, 0.15) is 11.9 Å². The van der Waals surface area contributed by atoms with E-state index in [1.54, 1.807) is 25.3 Å². The maximum absolute atomic E-state index is 13.2. The molecule has 5 atom stereocenters. The van der Waals surface area contributed by atoms with Crippen LogP contribution in [0, 0.1) is 11.1 Å². The number of methoxy groups -OCH3 is 2. The molecule has 0 aromatic heterocycles. The van der Waals surface area contributed by atoms with Gasteiger partial charge >= 0.3 is 0 Å². The molecule has 1 saturated carbocycles. The molecule has 2 aromatic carbocycles. The van der Waals surface area contributed by atoms with Crippen molar-refractivity contribution in [3.05, 3.63) is 46.2 Å². The molecule has 2 aliphatic heterocycles. The number of carbonyl (C=O) groups excluding carboxylic acids is 1. The van der Waals surface area contributed by atoms with Gasteiger partial charge in [-0.15, -0.1) is 0 Å². The molecule has 180 valence electrons. The Hall–Kier alpha value is -3.17. The van der Waals surface area contributed by atoms with E-state index < -0.39 is 5.41 Å². The van der Waals surface area contributed by atoms with Crippen LogP contribution in [0.3, 0.4) is 0 Å². The van der Waals surface area contributed by atoms with Crippen molar-refractivity contribution in [1.29, 1.82) is 0 Å². The maximum Gasteiger partial charge on any atom is 0.251 e. The minimum Gasteiger partial charge on any atom is -0.785 e. The molecule has 1 spiro atoms. The van der Waals surface area contributed by atoms with Crippen LogP contribution in [0.5, 0.6) is 28.7 Å². The Morgan fingerprint density at radius 1 is 1.21 bits per heavy atom. The number of rotatable bonds is 4. The van der Waals surface area contributed by atoms with Gasteiger partial charge in [0, 0.05) is 34.2 Å². The lowest BCUT2D eigenvalue weighted by molar-refractivity contribution is -0.0497. The first-order chi connectivity index (χ1) is 16.4. The number of phenols is 2. The van der Waals surface area contributed by atoms with Crippen LogP contribution in [-0.4, -0.2) is 60.1 Å². The van der Waals surface area contributed by atoms with Crippen LogP contribution in [0.2, 0.25) is 0 Å². The Morgan fingerprint density at radius 3 is 2.76 bits per heavy atom. The third-order valence-electron chi connectivity index (χ3n) is 8.34. The molecular weight excluding hydrogens is 440 g/mol. The molecule has 2 heterocycles. The van der Waals surface area contributed by atoms with Crippen LogP contribution in [0.1, 0.15) is 40.7 Å². The topological polar surface area (TPSA) is 124 Å². The van der Waals surface area contributed by atoms with Crippen molar-refractivity contribution in [2.75, 3.05) is 20.8 Å². The second-order valence-corrected chi connectivity index (χ2v) is 9.67. The van der Waals surface area contributed by atoms with E-state index in [4.69, 9.17) is 14.2 Å². The molecule has 9 heteroatoms. The minimum atomic E-state index is -0.479. The first-order valence-corrected chi connectivity index (χ1v) is 11.6. The molecule has 6 rings (SSSR count). The van der Waals surface area contributed by atoms with Gasteiger partial charge in [-0.05, 0) is 56.3 Å². The van der Waals surface area contributed by atoms with Crippen molar-refractivity contribution in [1.82, 2.24) is 10.4 Å². The number of hydrogen-bond acceptors (Lipinski definition) is 8. The number of ether oxygens (including phenoxy) is 3. The van der Waals surface area contributed by atoms with E-state index in [0.29, 0.717) is 54.2 Å². The Balaban J connectivity index is 1.37. The fraction of sp³-hybridized carbons (Fsp3) is 0.480. The molecule has 0 radical (unpaired) electrons. The van der Waals surface area contributed by atoms with Gasteiger partial charge in [0.25, 0.3) is 5.91 Å². The zero-order valence-electron chi connectivity index (χ0n) is 19.0. The van der Waals surface area contributed by atoms with E-state index in [9.17, 15) is 20.2 Å². The maximum atomic E-state index is 13.2. The summed E-state index contributed by atoms with van der Waals surface area (Å²) in [7, 11) is 3.06. The molecule has 0 unspecified atom stereocenters. The number of nitrogens with zero attached hydrogens (tertiary/aromatic N) is 1. The number of aromatic hydroxyl groups is 2. The second-order valence-electron chi connectivity index (χ2n) is 9.67. The smallest absolute Gasteiger partial charge is 0.251 e. The third-order valence-corrected chi connectivity index (χ3v) is 8.34. The highest BCUT2D eigenvalue weighted by Crippen LogP contribution is 2.64. The van der Waals surface area contributed by atoms with Crippen molar-refractivity contribution >= 4 is 5.91 Å². The Morgan fingerprint density at radius 2 is 2.00 bits per heavy atom. The zero-order chi connectivity index (χ0) is 23.8. The number of nitrogens with one attached hydrogen (secondary N) is 1. The molecule has 4 aliphatic rings. The number of hydroxylamine groups is 2. The summed E-state index contributed by atoms with van der Waals surface area (Å²) in [5.74, 6) is 0.954. The van der Waals surface area contributed by atoms with Crippen molar-refractivity contribution < 1.29 is 29.2 Å². The van der Waals surface area contributed by atoms with Crippen LogP contribution in [0.4, 0.5) is 0 Å². The summed E-state index contributed by atoms with van der Waals surface area (Å²) < 4.78 is 17.0. The van der Waals surface area contributed by atoms with Gasteiger partial charge in [0.05, 0.1) is 20.3 Å². The lowest BCUT2D eigenvalue weighted by atomic mass is 9.51. The highest BCUT2D eigenvalue weighted by molar-refractivity contribution is 5.95. The molecule has 1 saturated heterocycles. The lowest BCUT2D eigenvalue weighted by Gasteiger charge is -2.61. The molecule has 3 N–H and O–H groups in total. The van der Waals surface area contributed by atoms with Gasteiger partial charge in [-0.2, -0.15) is 0 Å². The number of amides is 1. The van der Waals surface area contributed by atoms with E-state index in [1.165, 1.54) is 13.2 Å². The van der Waals surface area contributed by atoms with E-state index in [0.717, 1.165) is 17.0 Å². The van der Waals surface area contributed by atoms with E-state index >= 15 is 0 Å². The summed E-state index contributed by atoms with van der Waals surface area (Å²) in [4.78, 5) is 13.2. The standard InChI is InChI=1S/C25H27N2O7/c1-32-18-6-3-12(9-19(18)33-2)24(30)26-15-5-4-14-16-10-13-21-20(11-17(28)22(13)29)34-23(15)25(14,21)7-8-27(16)31/h3,6,9,11,14-16,23,28-29H,4-5,7-8,10H2,1-2H3,(H,26,30)/q-1/t14-,15+,16+,23-,25-/m0/s1. The van der Waals surface area contributed by atoms with Gasteiger partial charge in [-0.1, -0.05) is 0 Å². The van der Waals surface area contributed by atoms with E-state index in [1.807, 2.05) is 0 Å². The van der Waals surface area contributed by atoms with Crippen molar-refractivity contribution in [2.24, 2.45) is 5.92 Å². The predicted molar refractivity (Wildman–Crippen MR) is 122 cm³/mol. The fourth-order valence-corrected chi connectivity index (χ4v) is 6.96. The summed E-state index contributed by atoms with van der Waals surface area (Å²) >= 11 is 0. The number of hydrogen-bond donors (Lipinski definition) is 3. The first-order valence-electron chi connectivity index (χ1n) is 11.6. The second kappa shape index (κ2) is 7.41. The molecule has 2 aromatic rings. The number of carbonyl (C=O) groups is 1. The highest BCUT2D eigenvalue weighted by atomic mass is 16.5. The van der Waals surface area contributed by atoms with Crippen LogP contribution in [-0.2, 0) is 11.8 Å². The van der Waals surface area contributed by atoms with Crippen LogP contribution in [0.15, 0.2) is 24.3 Å². The van der Waals surface area contributed by atoms with Gasteiger partial charge in [0.15, 0.2) is 23.0 Å². The van der Waals surface area contributed by atoms with Crippen LogP contribution in [0.25, 0.3) is 0 Å². The molecule has 2 aliphatic carbocycles. The van der Waals surface area contributed by atoms with Gasteiger partial charge in [-0.25, -0.2) is 0 Å². The van der Waals surface area contributed by atoms with Gasteiger partial charge in [-0.3, -0.25) is 4.79 Å². The Labute approximate surface area is 196 Å². The Kier molecular flexibility index (Phi) is 4.66. The fourth-order valence-electron chi connectivity index (χ4n) is 6.96. The van der Waals surface area contributed by atoms with Gasteiger partial charge < -0.3 is 40.0 Å². The van der Waals surface area contributed by atoms with Crippen molar-refractivity contribution in [2.45, 2.75) is 49.3 Å². The number of benzene rings is 2. The summed E-state index contributed by atoms with van der Waals surface area (Å²) in [6.45, 7) is 0.373. The van der Waals surface area contributed by atoms with Crippen molar-refractivity contribution in [3.8, 4) is 28.7 Å². The molecule has 1 amide bonds. The average molecular weight is 467 g/mol. The Bertz CT molecular complexity index is 1180.